The number of rotatable bonds is 2. The molecule has 1 saturated carbocycles. The molecule has 66 valence electrons. The Balaban J connectivity index is 3.10. The van der Waals surface area contributed by atoms with E-state index in [-0.39, 0.29) is 6.42 Å². The number of hydrogen-bond acceptors (Lipinski definition) is 2. The minimum absolute atomic E-state index is 0.163. The van der Waals surface area contributed by atoms with E-state index in [4.69, 9.17) is 10.2 Å². The van der Waals surface area contributed by atoms with E-state index in [0.29, 0.717) is 18.4 Å². The Labute approximate surface area is 69.5 Å². The van der Waals surface area contributed by atoms with Crippen molar-refractivity contribution in [2.45, 2.75) is 19.3 Å². The second-order valence-corrected chi connectivity index (χ2v) is 2.97. The van der Waals surface area contributed by atoms with Gasteiger partial charge in [-0.2, -0.15) is 0 Å². The molecule has 1 fully saturated rings. The van der Waals surface area contributed by atoms with Crippen LogP contribution in [0.5, 0.6) is 0 Å². The van der Waals surface area contributed by atoms with E-state index >= 15 is 0 Å². The van der Waals surface area contributed by atoms with Gasteiger partial charge in [0.25, 0.3) is 0 Å². The lowest BCUT2D eigenvalue weighted by Crippen LogP contribution is -2.37. The second kappa shape index (κ2) is 2.62. The van der Waals surface area contributed by atoms with Gasteiger partial charge in [0.15, 0.2) is 5.41 Å². The molecule has 0 saturated heterocycles. The molecule has 1 rings (SSSR count). The Bertz CT molecular complexity index is 240. The fourth-order valence-electron chi connectivity index (χ4n) is 1.56. The van der Waals surface area contributed by atoms with Crippen LogP contribution in [0.1, 0.15) is 19.3 Å². The summed E-state index contributed by atoms with van der Waals surface area (Å²) in [6, 6.07) is 0. The van der Waals surface area contributed by atoms with Gasteiger partial charge in [-0.05, 0) is 24.8 Å². The van der Waals surface area contributed by atoms with E-state index in [1.165, 1.54) is 0 Å². The third kappa shape index (κ3) is 0.913. The molecule has 0 radical (unpaired) electrons. The van der Waals surface area contributed by atoms with Gasteiger partial charge in [-0.1, -0.05) is 6.58 Å². The van der Waals surface area contributed by atoms with Crippen LogP contribution >= 0.6 is 0 Å². The number of aliphatic carboxylic acids is 2. The third-order valence-electron chi connectivity index (χ3n) is 2.36. The third-order valence-corrected chi connectivity index (χ3v) is 2.36. The summed E-state index contributed by atoms with van der Waals surface area (Å²) in [6.45, 7) is 3.49. The van der Waals surface area contributed by atoms with Crippen molar-refractivity contribution < 1.29 is 19.8 Å². The SMILES string of the molecule is C=C1CCCC1(C(=O)O)C(=O)O. The monoisotopic (exact) mass is 170 g/mol. The maximum absolute atomic E-state index is 10.7. The minimum Gasteiger partial charge on any atom is -0.480 e. The largest absolute Gasteiger partial charge is 0.480 e. The number of carboxylic acid groups (broad SMARTS) is 2. The van der Waals surface area contributed by atoms with Crippen molar-refractivity contribution in [1.82, 2.24) is 0 Å². The van der Waals surface area contributed by atoms with Gasteiger partial charge in [0.1, 0.15) is 0 Å². The summed E-state index contributed by atoms with van der Waals surface area (Å²) < 4.78 is 0. The number of hydrogen-bond donors (Lipinski definition) is 2. The molecule has 4 heteroatoms. The average Bonchev–Trinajstić information content (AvgIpc) is 2.31. The lowest BCUT2D eigenvalue weighted by atomic mass is 9.83. The van der Waals surface area contributed by atoms with Crippen molar-refractivity contribution in [1.29, 1.82) is 0 Å². The van der Waals surface area contributed by atoms with Gasteiger partial charge in [0, 0.05) is 0 Å². The Kier molecular flexibility index (Phi) is 1.92. The molecule has 0 aliphatic heterocycles. The average molecular weight is 170 g/mol. The van der Waals surface area contributed by atoms with Gasteiger partial charge in [0.2, 0.25) is 0 Å². The second-order valence-electron chi connectivity index (χ2n) is 2.97. The highest BCUT2D eigenvalue weighted by Crippen LogP contribution is 2.42. The molecule has 0 aromatic carbocycles. The van der Waals surface area contributed by atoms with Crippen LogP contribution in [0.15, 0.2) is 12.2 Å². The highest BCUT2D eigenvalue weighted by molar-refractivity contribution is 6.02. The van der Waals surface area contributed by atoms with E-state index in [1.807, 2.05) is 0 Å². The smallest absolute Gasteiger partial charge is 0.325 e. The summed E-state index contributed by atoms with van der Waals surface area (Å²) >= 11 is 0. The Morgan fingerprint density at radius 1 is 1.33 bits per heavy atom. The molecule has 1 aliphatic rings. The van der Waals surface area contributed by atoms with Crippen molar-refractivity contribution in [3.63, 3.8) is 0 Å². The maximum atomic E-state index is 10.7. The Morgan fingerprint density at radius 2 is 1.83 bits per heavy atom. The normalized spacial score (nSPS) is 20.8. The first-order valence-corrected chi connectivity index (χ1v) is 3.67. The lowest BCUT2D eigenvalue weighted by Gasteiger charge is -2.19. The summed E-state index contributed by atoms with van der Waals surface area (Å²) in [4.78, 5) is 21.5. The topological polar surface area (TPSA) is 74.6 Å². The van der Waals surface area contributed by atoms with Gasteiger partial charge < -0.3 is 10.2 Å². The molecular weight excluding hydrogens is 160 g/mol. The van der Waals surface area contributed by atoms with Crippen LogP contribution < -0.4 is 0 Å². The van der Waals surface area contributed by atoms with E-state index in [2.05, 4.69) is 6.58 Å². The van der Waals surface area contributed by atoms with E-state index in [1.54, 1.807) is 0 Å². The first-order chi connectivity index (χ1) is 5.51. The summed E-state index contributed by atoms with van der Waals surface area (Å²) in [7, 11) is 0. The molecule has 0 spiro atoms. The van der Waals surface area contributed by atoms with Gasteiger partial charge in [-0.25, -0.2) is 0 Å². The molecule has 0 aromatic rings. The van der Waals surface area contributed by atoms with Crippen LogP contribution in [0.25, 0.3) is 0 Å². The summed E-state index contributed by atoms with van der Waals surface area (Å²) in [5.74, 6) is -2.59. The quantitative estimate of drug-likeness (QED) is 0.476. The van der Waals surface area contributed by atoms with Crippen LogP contribution in [0, 0.1) is 5.41 Å². The van der Waals surface area contributed by atoms with Crippen molar-refractivity contribution in [3.8, 4) is 0 Å². The Hall–Kier alpha value is -1.32. The first-order valence-electron chi connectivity index (χ1n) is 3.67. The zero-order valence-corrected chi connectivity index (χ0v) is 6.54. The van der Waals surface area contributed by atoms with Gasteiger partial charge in [0.05, 0.1) is 0 Å². The maximum Gasteiger partial charge on any atom is 0.325 e. The lowest BCUT2D eigenvalue weighted by molar-refractivity contribution is -0.160. The molecule has 2 N–H and O–H groups in total. The zero-order valence-electron chi connectivity index (χ0n) is 6.54. The molecule has 0 amide bonds. The highest BCUT2D eigenvalue weighted by Gasteiger charge is 2.51. The summed E-state index contributed by atoms with van der Waals surface area (Å²) in [5, 5.41) is 17.5. The number of carbonyl (C=O) groups is 2. The van der Waals surface area contributed by atoms with Crippen LogP contribution in [-0.4, -0.2) is 22.2 Å². The molecule has 0 atom stereocenters. The molecule has 0 heterocycles. The predicted octanol–water partition coefficient (Wildman–Crippen LogP) is 0.882. The van der Waals surface area contributed by atoms with Crippen LogP contribution in [0.2, 0.25) is 0 Å². The van der Waals surface area contributed by atoms with Crippen molar-refractivity contribution in [2.75, 3.05) is 0 Å². The van der Waals surface area contributed by atoms with E-state index in [9.17, 15) is 9.59 Å². The minimum atomic E-state index is -1.71. The Morgan fingerprint density at radius 3 is 2.00 bits per heavy atom. The van der Waals surface area contributed by atoms with Gasteiger partial charge in [-0.15, -0.1) is 0 Å². The predicted molar refractivity (Wildman–Crippen MR) is 40.7 cm³/mol. The van der Waals surface area contributed by atoms with Crippen molar-refractivity contribution in [3.05, 3.63) is 12.2 Å². The molecule has 4 nitrogen and oxygen atoms in total. The molecule has 12 heavy (non-hydrogen) atoms. The van der Waals surface area contributed by atoms with E-state index in [0.717, 1.165) is 0 Å². The molecule has 0 unspecified atom stereocenters. The van der Waals surface area contributed by atoms with Gasteiger partial charge in [-0.3, -0.25) is 9.59 Å². The van der Waals surface area contributed by atoms with Crippen LogP contribution in [0.3, 0.4) is 0 Å². The summed E-state index contributed by atoms with van der Waals surface area (Å²) in [6.07, 6.45) is 1.26. The molecule has 1 aliphatic carbocycles. The first kappa shape index (κ1) is 8.77. The zero-order chi connectivity index (χ0) is 9.35. The fourth-order valence-corrected chi connectivity index (χ4v) is 1.56. The molecule has 0 bridgehead atoms. The van der Waals surface area contributed by atoms with Gasteiger partial charge >= 0.3 is 11.9 Å². The standard InChI is InChI=1S/C8H10O4/c1-5-3-2-4-8(5,6(9)10)7(11)12/h1-4H2,(H,9,10)(H,11,12). The molecular formula is C8H10O4. The van der Waals surface area contributed by atoms with Crippen molar-refractivity contribution in [2.24, 2.45) is 5.41 Å². The van der Waals surface area contributed by atoms with Crippen LogP contribution in [0.4, 0.5) is 0 Å². The highest BCUT2D eigenvalue weighted by atomic mass is 16.4. The molecule has 0 aromatic heterocycles. The summed E-state index contributed by atoms with van der Waals surface area (Å²) in [5.41, 5.74) is -1.40. The fraction of sp³-hybridized carbons (Fsp3) is 0.500. The van der Waals surface area contributed by atoms with Crippen LogP contribution in [-0.2, 0) is 9.59 Å². The van der Waals surface area contributed by atoms with E-state index < -0.39 is 17.4 Å². The number of carboxylic acids is 2. The van der Waals surface area contributed by atoms with Crippen molar-refractivity contribution >= 4 is 11.9 Å².